The molecule has 3 aromatic rings. The Morgan fingerprint density at radius 1 is 0.886 bits per heavy atom. The lowest BCUT2D eigenvalue weighted by atomic mass is 10.1. The topological polar surface area (TPSA) is 68.8 Å². The van der Waals surface area contributed by atoms with E-state index >= 15 is 0 Å². The summed E-state index contributed by atoms with van der Waals surface area (Å²) in [5.41, 5.74) is 1.67. The molecule has 1 N–H and O–H groups in total. The molecule has 0 radical (unpaired) electrons. The van der Waals surface area contributed by atoms with Gasteiger partial charge in [-0.05, 0) is 54.6 Å². The van der Waals surface area contributed by atoms with Crippen LogP contribution in [0.15, 0.2) is 73.1 Å². The predicted octanol–water partition coefficient (Wildman–Crippen LogP) is 4.86. The van der Waals surface area contributed by atoms with Crippen LogP contribution in [0.3, 0.4) is 0 Å². The van der Waals surface area contributed by atoms with Crippen LogP contribution in [0.1, 0.15) is 15.9 Å². The zero-order chi connectivity index (χ0) is 25.0. The number of aromatic nitrogens is 1. The Morgan fingerprint density at radius 2 is 1.49 bits per heavy atom. The van der Waals surface area contributed by atoms with Gasteiger partial charge in [0, 0.05) is 68.2 Å². The van der Waals surface area contributed by atoms with Gasteiger partial charge in [-0.3, -0.25) is 9.78 Å². The summed E-state index contributed by atoms with van der Waals surface area (Å²) in [4.78, 5) is 34.6. The van der Waals surface area contributed by atoms with Crippen molar-refractivity contribution in [2.24, 2.45) is 0 Å². The third-order valence-corrected chi connectivity index (χ3v) is 5.85. The molecule has 3 amide bonds. The Balaban J connectivity index is 1.32. The van der Waals surface area contributed by atoms with E-state index in [4.69, 9.17) is 0 Å². The third-order valence-electron chi connectivity index (χ3n) is 5.85. The fourth-order valence-electron chi connectivity index (χ4n) is 3.82. The van der Waals surface area contributed by atoms with Gasteiger partial charge in [0.05, 0.1) is 5.56 Å². The van der Waals surface area contributed by atoms with E-state index < -0.39 is 17.8 Å². The number of anilines is 3. The standard InChI is InChI=1S/C25H24F3N5O2/c1-31(22-9-11-29-12-10-22)21-7-5-18(6-8-21)23(34)32-13-15-33(16-14-32)24(35)30-20-4-2-3-19(17-20)25(26,27)28/h2-12,17H,13-16H2,1H3,(H,30,35). The first-order valence-corrected chi connectivity index (χ1v) is 11.0. The van der Waals surface area contributed by atoms with Crippen molar-refractivity contribution in [2.75, 3.05) is 43.4 Å². The summed E-state index contributed by atoms with van der Waals surface area (Å²) >= 11 is 0. The lowest BCUT2D eigenvalue weighted by molar-refractivity contribution is -0.137. The molecular weight excluding hydrogens is 459 g/mol. The second-order valence-corrected chi connectivity index (χ2v) is 8.10. The quantitative estimate of drug-likeness (QED) is 0.576. The summed E-state index contributed by atoms with van der Waals surface area (Å²) in [7, 11) is 1.93. The average molecular weight is 483 g/mol. The van der Waals surface area contributed by atoms with Crippen LogP contribution in [0.5, 0.6) is 0 Å². The number of hydrogen-bond donors (Lipinski definition) is 1. The highest BCUT2D eigenvalue weighted by molar-refractivity contribution is 5.95. The Hall–Kier alpha value is -4.08. The number of halogens is 3. The summed E-state index contributed by atoms with van der Waals surface area (Å²) < 4.78 is 38.7. The molecule has 7 nitrogen and oxygen atoms in total. The number of alkyl halides is 3. The minimum Gasteiger partial charge on any atom is -0.345 e. The molecule has 0 saturated carbocycles. The van der Waals surface area contributed by atoms with Crippen LogP contribution in [-0.2, 0) is 6.18 Å². The van der Waals surface area contributed by atoms with Gasteiger partial charge in [0.25, 0.3) is 5.91 Å². The number of pyridine rings is 1. The molecule has 1 aliphatic rings. The van der Waals surface area contributed by atoms with Crippen molar-refractivity contribution in [2.45, 2.75) is 6.18 Å². The lowest BCUT2D eigenvalue weighted by Gasteiger charge is -2.34. The Kier molecular flexibility index (Phi) is 6.90. The van der Waals surface area contributed by atoms with Crippen molar-refractivity contribution in [3.8, 4) is 0 Å². The van der Waals surface area contributed by atoms with E-state index in [-0.39, 0.29) is 24.7 Å². The first-order valence-electron chi connectivity index (χ1n) is 11.0. The van der Waals surface area contributed by atoms with Crippen molar-refractivity contribution in [3.05, 3.63) is 84.2 Å². The molecule has 1 fully saturated rings. The zero-order valence-corrected chi connectivity index (χ0v) is 19.0. The van der Waals surface area contributed by atoms with E-state index in [0.717, 1.165) is 23.5 Å². The highest BCUT2D eigenvalue weighted by Gasteiger charge is 2.31. The minimum absolute atomic E-state index is 0.0696. The Bertz CT molecular complexity index is 1180. The monoisotopic (exact) mass is 483 g/mol. The van der Waals surface area contributed by atoms with Crippen molar-refractivity contribution >= 4 is 29.0 Å². The summed E-state index contributed by atoms with van der Waals surface area (Å²) in [5, 5.41) is 2.51. The van der Waals surface area contributed by atoms with Gasteiger partial charge in [0.1, 0.15) is 0 Å². The molecule has 4 rings (SSSR count). The highest BCUT2D eigenvalue weighted by Crippen LogP contribution is 2.30. The number of nitrogens with zero attached hydrogens (tertiary/aromatic N) is 4. The van der Waals surface area contributed by atoms with Crippen molar-refractivity contribution in [1.82, 2.24) is 14.8 Å². The maximum atomic E-state index is 12.9. The van der Waals surface area contributed by atoms with Crippen LogP contribution < -0.4 is 10.2 Å². The number of carbonyl (C=O) groups is 2. The van der Waals surface area contributed by atoms with E-state index in [9.17, 15) is 22.8 Å². The van der Waals surface area contributed by atoms with Gasteiger partial charge >= 0.3 is 12.2 Å². The van der Waals surface area contributed by atoms with Crippen LogP contribution in [0.4, 0.5) is 35.0 Å². The van der Waals surface area contributed by atoms with Crippen molar-refractivity contribution in [1.29, 1.82) is 0 Å². The van der Waals surface area contributed by atoms with Crippen LogP contribution in [0, 0.1) is 0 Å². The van der Waals surface area contributed by atoms with E-state index in [1.807, 2.05) is 36.2 Å². The molecule has 1 aromatic heterocycles. The number of benzene rings is 2. The van der Waals surface area contributed by atoms with Crippen molar-refractivity contribution in [3.63, 3.8) is 0 Å². The molecule has 0 aliphatic carbocycles. The van der Waals surface area contributed by atoms with Gasteiger partial charge in [0.2, 0.25) is 0 Å². The number of nitrogens with one attached hydrogen (secondary N) is 1. The van der Waals surface area contributed by atoms with E-state index in [1.165, 1.54) is 17.0 Å². The third kappa shape index (κ3) is 5.71. The number of rotatable bonds is 4. The van der Waals surface area contributed by atoms with E-state index in [0.29, 0.717) is 18.7 Å². The number of amides is 3. The van der Waals surface area contributed by atoms with E-state index in [1.54, 1.807) is 29.4 Å². The minimum atomic E-state index is -4.49. The molecule has 2 aromatic carbocycles. The van der Waals surface area contributed by atoms with Gasteiger partial charge in [-0.15, -0.1) is 0 Å². The van der Waals surface area contributed by atoms with Crippen LogP contribution in [-0.4, -0.2) is 59.9 Å². The molecule has 0 spiro atoms. The molecule has 10 heteroatoms. The SMILES string of the molecule is CN(c1ccncc1)c1ccc(C(=O)N2CCN(C(=O)Nc3cccc(C(F)(F)F)c3)CC2)cc1. The summed E-state index contributed by atoms with van der Waals surface area (Å²) in [5.74, 6) is -0.138. The fourth-order valence-corrected chi connectivity index (χ4v) is 3.82. The summed E-state index contributed by atoms with van der Waals surface area (Å²) in [6.45, 7) is 1.21. The second kappa shape index (κ2) is 10.0. The summed E-state index contributed by atoms with van der Waals surface area (Å²) in [6, 6.07) is 15.0. The molecule has 1 aliphatic heterocycles. The van der Waals surface area contributed by atoms with Crippen LogP contribution >= 0.6 is 0 Å². The first kappa shape index (κ1) is 24.1. The lowest BCUT2D eigenvalue weighted by Crippen LogP contribution is -2.51. The van der Waals surface area contributed by atoms with Gasteiger partial charge in [-0.1, -0.05) is 6.07 Å². The largest absolute Gasteiger partial charge is 0.416 e. The zero-order valence-electron chi connectivity index (χ0n) is 19.0. The summed E-state index contributed by atoms with van der Waals surface area (Å²) in [6.07, 6.45) is -1.06. The van der Waals surface area contributed by atoms with Gasteiger partial charge in [-0.2, -0.15) is 13.2 Å². The maximum absolute atomic E-state index is 12.9. The molecule has 35 heavy (non-hydrogen) atoms. The maximum Gasteiger partial charge on any atom is 0.416 e. The molecule has 1 saturated heterocycles. The van der Waals surface area contributed by atoms with Crippen LogP contribution in [0.2, 0.25) is 0 Å². The second-order valence-electron chi connectivity index (χ2n) is 8.10. The average Bonchev–Trinajstić information content (AvgIpc) is 2.88. The molecule has 2 heterocycles. The Labute approximate surface area is 200 Å². The number of carbonyl (C=O) groups excluding carboxylic acids is 2. The number of urea groups is 1. The van der Waals surface area contributed by atoms with Crippen LogP contribution in [0.25, 0.3) is 0 Å². The van der Waals surface area contributed by atoms with Gasteiger partial charge < -0.3 is 20.0 Å². The number of hydrogen-bond acceptors (Lipinski definition) is 4. The molecule has 0 bridgehead atoms. The van der Waals surface area contributed by atoms with Gasteiger partial charge in [0.15, 0.2) is 0 Å². The molecule has 182 valence electrons. The smallest absolute Gasteiger partial charge is 0.345 e. The highest BCUT2D eigenvalue weighted by atomic mass is 19.4. The normalized spacial score (nSPS) is 13.9. The molecular formula is C25H24F3N5O2. The van der Waals surface area contributed by atoms with Crippen molar-refractivity contribution < 1.29 is 22.8 Å². The number of piperazine rings is 1. The molecule has 0 atom stereocenters. The fraction of sp³-hybridized carbons (Fsp3) is 0.240. The van der Waals surface area contributed by atoms with E-state index in [2.05, 4.69) is 10.3 Å². The van der Waals surface area contributed by atoms with Gasteiger partial charge in [-0.25, -0.2) is 4.79 Å². The predicted molar refractivity (Wildman–Crippen MR) is 127 cm³/mol. The Morgan fingerprint density at radius 3 is 2.11 bits per heavy atom. The first-order chi connectivity index (χ1) is 16.7. The molecule has 0 unspecified atom stereocenters.